The molecule has 114 valence electrons. The summed E-state index contributed by atoms with van der Waals surface area (Å²) in [7, 11) is 0. The van der Waals surface area contributed by atoms with Gasteiger partial charge in [-0.1, -0.05) is 25.1 Å². The van der Waals surface area contributed by atoms with Gasteiger partial charge in [-0.25, -0.2) is 0 Å². The lowest BCUT2D eigenvalue weighted by Gasteiger charge is -2.05. The lowest BCUT2D eigenvalue weighted by Crippen LogP contribution is -2.14. The molecule has 21 heavy (non-hydrogen) atoms. The van der Waals surface area contributed by atoms with E-state index >= 15 is 0 Å². The van der Waals surface area contributed by atoms with Crippen molar-refractivity contribution in [3.8, 4) is 5.75 Å². The molecule has 0 bridgehead atoms. The van der Waals surface area contributed by atoms with Gasteiger partial charge in [0.15, 0.2) is 0 Å². The highest BCUT2D eigenvalue weighted by atomic mass is 16.5. The van der Waals surface area contributed by atoms with Gasteiger partial charge >= 0.3 is 0 Å². The Balaban J connectivity index is 1.61. The van der Waals surface area contributed by atoms with Gasteiger partial charge in [0.05, 0.1) is 12.8 Å². The minimum atomic E-state index is 0.722. The van der Waals surface area contributed by atoms with Gasteiger partial charge in [-0.05, 0) is 43.6 Å². The van der Waals surface area contributed by atoms with Crippen LogP contribution in [0.2, 0.25) is 0 Å². The number of nitrogens with zero attached hydrogens (tertiary/aromatic N) is 2. The van der Waals surface area contributed by atoms with E-state index in [9.17, 15) is 0 Å². The Hall–Kier alpha value is -1.81. The molecule has 1 N–H and O–H groups in total. The molecule has 1 aromatic heterocycles. The van der Waals surface area contributed by atoms with Crippen LogP contribution in [0.15, 0.2) is 42.7 Å². The molecule has 0 amide bonds. The smallest absolute Gasteiger partial charge is 0.119 e. The predicted molar refractivity (Wildman–Crippen MR) is 85.6 cm³/mol. The zero-order valence-corrected chi connectivity index (χ0v) is 12.8. The molecule has 0 fully saturated rings. The summed E-state index contributed by atoms with van der Waals surface area (Å²) < 4.78 is 7.69. The first-order chi connectivity index (χ1) is 10.4. The van der Waals surface area contributed by atoms with Crippen LogP contribution in [0.1, 0.15) is 25.3 Å². The Morgan fingerprint density at radius 3 is 2.86 bits per heavy atom. The highest BCUT2D eigenvalue weighted by Crippen LogP contribution is 2.08. The van der Waals surface area contributed by atoms with Crippen molar-refractivity contribution in [2.24, 2.45) is 0 Å². The first kappa shape index (κ1) is 15.6. The number of aromatic nitrogens is 2. The Morgan fingerprint density at radius 1 is 1.19 bits per heavy atom. The number of benzene rings is 1. The Kier molecular flexibility index (Phi) is 6.81. The van der Waals surface area contributed by atoms with Crippen molar-refractivity contribution in [1.29, 1.82) is 0 Å². The van der Waals surface area contributed by atoms with Crippen LogP contribution in [0.5, 0.6) is 5.75 Å². The van der Waals surface area contributed by atoms with Gasteiger partial charge in [-0.2, -0.15) is 5.10 Å². The molecule has 0 atom stereocenters. The zero-order chi connectivity index (χ0) is 14.8. The number of hydrogen-bond donors (Lipinski definition) is 1. The Labute approximate surface area is 127 Å². The SMILES string of the molecule is CCNCCCc1cnn(CCCOc2ccccc2)c1. The summed E-state index contributed by atoms with van der Waals surface area (Å²) in [6.45, 7) is 5.88. The Morgan fingerprint density at radius 2 is 2.05 bits per heavy atom. The summed E-state index contributed by atoms with van der Waals surface area (Å²) in [5, 5.41) is 7.74. The van der Waals surface area contributed by atoms with Gasteiger partial charge in [0.2, 0.25) is 0 Å². The summed E-state index contributed by atoms with van der Waals surface area (Å²) in [5.74, 6) is 0.932. The van der Waals surface area contributed by atoms with Crippen LogP contribution in [-0.2, 0) is 13.0 Å². The van der Waals surface area contributed by atoms with Crippen LogP contribution < -0.4 is 10.1 Å². The average Bonchev–Trinajstić information content (AvgIpc) is 2.97. The van der Waals surface area contributed by atoms with Gasteiger partial charge in [0.1, 0.15) is 5.75 Å². The molecule has 1 heterocycles. The monoisotopic (exact) mass is 287 g/mol. The maximum Gasteiger partial charge on any atom is 0.119 e. The maximum absolute atomic E-state index is 5.68. The third kappa shape index (κ3) is 6.00. The zero-order valence-electron chi connectivity index (χ0n) is 12.8. The molecule has 0 spiro atoms. The molecule has 0 aliphatic carbocycles. The molecule has 4 heteroatoms. The van der Waals surface area contributed by atoms with Gasteiger partial charge < -0.3 is 10.1 Å². The lowest BCUT2D eigenvalue weighted by atomic mass is 10.2. The normalized spacial score (nSPS) is 10.7. The molecule has 2 aromatic rings. The van der Waals surface area contributed by atoms with Crippen molar-refractivity contribution in [2.45, 2.75) is 32.7 Å². The molecule has 2 rings (SSSR count). The molecule has 0 radical (unpaired) electrons. The van der Waals surface area contributed by atoms with E-state index in [4.69, 9.17) is 4.74 Å². The summed E-state index contributed by atoms with van der Waals surface area (Å²) in [6.07, 6.45) is 7.34. The summed E-state index contributed by atoms with van der Waals surface area (Å²) >= 11 is 0. The molecule has 0 aliphatic heterocycles. The highest BCUT2D eigenvalue weighted by molar-refractivity contribution is 5.20. The number of nitrogens with one attached hydrogen (secondary N) is 1. The molecule has 4 nitrogen and oxygen atoms in total. The highest BCUT2D eigenvalue weighted by Gasteiger charge is 1.99. The molecular formula is C17H25N3O. The number of ether oxygens (including phenoxy) is 1. The third-order valence-electron chi connectivity index (χ3n) is 3.30. The fourth-order valence-electron chi connectivity index (χ4n) is 2.19. The largest absolute Gasteiger partial charge is 0.494 e. The first-order valence-electron chi connectivity index (χ1n) is 7.78. The van der Waals surface area contributed by atoms with Gasteiger partial charge in [0.25, 0.3) is 0 Å². The van der Waals surface area contributed by atoms with Crippen LogP contribution >= 0.6 is 0 Å². The Bertz CT molecular complexity index is 496. The van der Waals surface area contributed by atoms with Crippen molar-refractivity contribution in [3.05, 3.63) is 48.3 Å². The van der Waals surface area contributed by atoms with E-state index in [-0.39, 0.29) is 0 Å². The van der Waals surface area contributed by atoms with E-state index in [2.05, 4.69) is 23.5 Å². The third-order valence-corrected chi connectivity index (χ3v) is 3.30. The second-order valence-corrected chi connectivity index (χ2v) is 5.08. The van der Waals surface area contributed by atoms with Gasteiger partial charge in [0, 0.05) is 19.2 Å². The van der Waals surface area contributed by atoms with Crippen LogP contribution in [0.3, 0.4) is 0 Å². The number of hydrogen-bond acceptors (Lipinski definition) is 3. The second kappa shape index (κ2) is 9.19. The average molecular weight is 287 g/mol. The molecule has 0 saturated heterocycles. The minimum absolute atomic E-state index is 0.722. The second-order valence-electron chi connectivity index (χ2n) is 5.08. The standard InChI is InChI=1S/C17H25N3O/c1-2-18-11-6-8-16-14-19-20(15-16)12-7-13-21-17-9-4-3-5-10-17/h3-5,9-10,14-15,18H,2,6-8,11-13H2,1H3. The van der Waals surface area contributed by atoms with Crippen molar-refractivity contribution >= 4 is 0 Å². The molecule has 0 aliphatic rings. The van der Waals surface area contributed by atoms with Gasteiger partial charge in [-0.3, -0.25) is 4.68 Å². The van der Waals surface area contributed by atoms with E-state index in [1.54, 1.807) is 0 Å². The van der Waals surface area contributed by atoms with Crippen molar-refractivity contribution in [2.75, 3.05) is 19.7 Å². The van der Waals surface area contributed by atoms with Crippen molar-refractivity contribution in [3.63, 3.8) is 0 Å². The number of aryl methyl sites for hydroxylation is 2. The molecule has 1 aromatic carbocycles. The summed E-state index contributed by atoms with van der Waals surface area (Å²) in [6, 6.07) is 9.94. The molecule has 0 saturated carbocycles. The quantitative estimate of drug-likeness (QED) is 0.683. The lowest BCUT2D eigenvalue weighted by molar-refractivity contribution is 0.298. The van der Waals surface area contributed by atoms with E-state index in [1.165, 1.54) is 5.56 Å². The van der Waals surface area contributed by atoms with Crippen molar-refractivity contribution < 1.29 is 4.74 Å². The predicted octanol–water partition coefficient (Wildman–Crippen LogP) is 2.89. The minimum Gasteiger partial charge on any atom is -0.494 e. The van der Waals surface area contributed by atoms with Crippen LogP contribution in [0.4, 0.5) is 0 Å². The van der Waals surface area contributed by atoms with E-state index in [1.807, 2.05) is 41.2 Å². The van der Waals surface area contributed by atoms with Gasteiger partial charge in [-0.15, -0.1) is 0 Å². The van der Waals surface area contributed by atoms with Crippen molar-refractivity contribution in [1.82, 2.24) is 15.1 Å². The summed E-state index contributed by atoms with van der Waals surface area (Å²) in [5.41, 5.74) is 1.32. The molecule has 0 unspecified atom stereocenters. The fourth-order valence-corrected chi connectivity index (χ4v) is 2.19. The molecular weight excluding hydrogens is 262 g/mol. The fraction of sp³-hybridized carbons (Fsp3) is 0.471. The maximum atomic E-state index is 5.68. The topological polar surface area (TPSA) is 39.1 Å². The first-order valence-corrected chi connectivity index (χ1v) is 7.78. The van der Waals surface area contributed by atoms with Crippen LogP contribution in [0, 0.1) is 0 Å². The van der Waals surface area contributed by atoms with Crippen LogP contribution in [0.25, 0.3) is 0 Å². The number of para-hydroxylation sites is 1. The van der Waals surface area contributed by atoms with E-state index in [0.717, 1.165) is 51.3 Å². The summed E-state index contributed by atoms with van der Waals surface area (Å²) in [4.78, 5) is 0. The number of rotatable bonds is 10. The van der Waals surface area contributed by atoms with E-state index in [0.29, 0.717) is 0 Å². The van der Waals surface area contributed by atoms with E-state index < -0.39 is 0 Å². The van der Waals surface area contributed by atoms with Crippen LogP contribution in [-0.4, -0.2) is 29.5 Å².